The van der Waals surface area contributed by atoms with Crippen molar-refractivity contribution in [3.05, 3.63) is 81.1 Å². The fraction of sp³-hybridized carbons (Fsp3) is 0. The molecule has 0 heterocycles. The van der Waals surface area contributed by atoms with Gasteiger partial charge in [0, 0.05) is 0 Å². The van der Waals surface area contributed by atoms with Gasteiger partial charge in [-0.2, -0.15) is 0 Å². The topological polar surface area (TPSA) is 52.6 Å². The third-order valence-corrected chi connectivity index (χ3v) is 7.06. The van der Waals surface area contributed by atoms with Gasteiger partial charge in [0.05, 0.1) is 0 Å². The van der Waals surface area contributed by atoms with Crippen molar-refractivity contribution in [1.29, 1.82) is 0 Å². The zero-order valence-corrected chi connectivity index (χ0v) is 15.0. The first kappa shape index (κ1) is 16.1. The van der Waals surface area contributed by atoms with Crippen molar-refractivity contribution in [2.45, 2.75) is 0 Å². The molecule has 0 radical (unpaired) electrons. The van der Waals surface area contributed by atoms with E-state index in [1.165, 1.54) is 24.3 Å². The summed E-state index contributed by atoms with van der Waals surface area (Å²) >= 11 is -4.58. The maximum atomic E-state index is 11.7. The van der Waals surface area contributed by atoms with Crippen LogP contribution < -0.4 is 17.0 Å². The molecule has 2 rings (SSSR count). The molecule has 0 spiro atoms. The molecule has 0 aromatic heterocycles. The molecule has 4 nitrogen and oxygen atoms in total. The van der Waals surface area contributed by atoms with Crippen LogP contribution in [0.3, 0.4) is 0 Å². The molecule has 0 fully saturated rings. The van der Waals surface area contributed by atoms with Gasteiger partial charge < -0.3 is 0 Å². The van der Waals surface area contributed by atoms with Crippen molar-refractivity contribution in [1.82, 2.24) is 0 Å². The van der Waals surface area contributed by atoms with E-state index in [4.69, 9.17) is 24.0 Å². The predicted molar refractivity (Wildman–Crippen MR) is 84.1 cm³/mol. The summed E-state index contributed by atoms with van der Waals surface area (Å²) in [5.41, 5.74) is -0.737. The Balaban J connectivity index is 2.28. The van der Waals surface area contributed by atoms with Crippen LogP contribution in [0, 0.1) is 0 Å². The van der Waals surface area contributed by atoms with Gasteiger partial charge in [-0.25, -0.2) is 0 Å². The van der Waals surface area contributed by atoms with Crippen LogP contribution >= 0.6 is 17.8 Å². The second-order valence-corrected chi connectivity index (χ2v) is 15.7. The molecule has 0 amide bonds. The van der Waals surface area contributed by atoms with Crippen molar-refractivity contribution in [3.63, 3.8) is 0 Å². The third-order valence-electron chi connectivity index (χ3n) is 2.38. The summed E-state index contributed by atoms with van der Waals surface area (Å²) in [5.74, 6) is -0.0119. The normalized spacial score (nSPS) is 10.8. The van der Waals surface area contributed by atoms with Gasteiger partial charge in [0.1, 0.15) is 0 Å². The molecule has 0 saturated heterocycles. The van der Waals surface area contributed by atoms with Gasteiger partial charge >= 0.3 is 134 Å². The van der Waals surface area contributed by atoms with Crippen molar-refractivity contribution in [3.8, 4) is 11.5 Å². The number of hydrogen-bond acceptors (Lipinski definition) is 4. The average molecular weight is 432 g/mol. The minimum atomic E-state index is -4.58. The van der Waals surface area contributed by atoms with Crippen LogP contribution in [0.4, 0.5) is 0 Å². The minimum absolute atomic E-state index is 0.00597. The Morgan fingerprint density at radius 2 is 1.05 bits per heavy atom. The summed E-state index contributed by atoms with van der Waals surface area (Å²) in [4.78, 5) is 23.5. The second kappa shape index (κ2) is 7.15. The van der Waals surface area contributed by atoms with Crippen molar-refractivity contribution in [2.24, 2.45) is 0 Å². The van der Waals surface area contributed by atoms with Crippen LogP contribution in [0.2, 0.25) is 0 Å². The Bertz CT molecular complexity index is 689. The van der Waals surface area contributed by atoms with Gasteiger partial charge in [-0.3, -0.25) is 0 Å². The van der Waals surface area contributed by atoms with Gasteiger partial charge in [0.15, 0.2) is 0 Å². The summed E-state index contributed by atoms with van der Waals surface area (Å²) in [6, 6.07) is 15.3. The second-order valence-electron chi connectivity index (χ2n) is 3.95. The van der Waals surface area contributed by atoms with Crippen molar-refractivity contribution >= 4 is 34.8 Å². The van der Waals surface area contributed by atoms with Crippen LogP contribution in [0.1, 0.15) is 0 Å². The number of halogens is 2. The van der Waals surface area contributed by atoms with Crippen LogP contribution in [-0.2, 0) is 0 Å². The SMILES string of the molecule is O=c1cccccc1[O][Sn]([Cl])([Cl])[O]c1cccccc1=O. The van der Waals surface area contributed by atoms with Crippen LogP contribution in [0.5, 0.6) is 11.5 Å². The van der Waals surface area contributed by atoms with Gasteiger partial charge in [0.25, 0.3) is 0 Å². The van der Waals surface area contributed by atoms with E-state index in [0.717, 1.165) is 0 Å². The molecule has 0 aliphatic rings. The van der Waals surface area contributed by atoms with E-state index < -0.39 is 17.0 Å². The van der Waals surface area contributed by atoms with Crippen molar-refractivity contribution in [2.75, 3.05) is 0 Å². The molecule has 0 N–H and O–H groups in total. The first-order valence-electron chi connectivity index (χ1n) is 5.92. The number of hydrogen-bond donors (Lipinski definition) is 0. The van der Waals surface area contributed by atoms with Crippen LogP contribution in [-0.4, -0.2) is 17.0 Å². The monoisotopic (exact) mass is 432 g/mol. The van der Waals surface area contributed by atoms with E-state index in [-0.39, 0.29) is 22.4 Å². The molecule has 2 aromatic rings. The molecule has 21 heavy (non-hydrogen) atoms. The van der Waals surface area contributed by atoms with E-state index in [2.05, 4.69) is 0 Å². The summed E-state index contributed by atoms with van der Waals surface area (Å²) in [7, 11) is 12.2. The van der Waals surface area contributed by atoms with E-state index in [1.807, 2.05) is 0 Å². The Hall–Kier alpha value is -1.24. The predicted octanol–water partition coefficient (Wildman–Crippen LogP) is 2.78. The summed E-state index contributed by atoms with van der Waals surface area (Å²) in [6.07, 6.45) is 0. The number of rotatable bonds is 4. The zero-order chi connectivity index (χ0) is 15.3. The van der Waals surface area contributed by atoms with Gasteiger partial charge in [-0.15, -0.1) is 0 Å². The van der Waals surface area contributed by atoms with E-state index in [9.17, 15) is 9.59 Å². The molecule has 7 heteroatoms. The van der Waals surface area contributed by atoms with E-state index in [0.29, 0.717) is 0 Å². The summed E-state index contributed by atoms with van der Waals surface area (Å²) in [5, 5.41) is 0. The Morgan fingerprint density at radius 1 is 0.667 bits per heavy atom. The van der Waals surface area contributed by atoms with Crippen LogP contribution in [0.25, 0.3) is 0 Å². The molecule has 0 unspecified atom stereocenters. The average Bonchev–Trinajstić information content (AvgIpc) is 2.72. The molecule has 0 saturated carbocycles. The molecule has 0 atom stereocenters. The first-order valence-corrected chi connectivity index (χ1v) is 15.5. The molecular formula is C14H10Cl2O4Sn. The third kappa shape index (κ3) is 4.91. The molecule has 0 aliphatic carbocycles. The summed E-state index contributed by atoms with van der Waals surface area (Å²) in [6.45, 7) is 0. The fourth-order valence-corrected chi connectivity index (χ4v) is 6.25. The Kier molecular flexibility index (Phi) is 5.50. The molecular weight excluding hydrogens is 422 g/mol. The van der Waals surface area contributed by atoms with Crippen molar-refractivity contribution < 1.29 is 6.15 Å². The van der Waals surface area contributed by atoms with Gasteiger partial charge in [-0.1, -0.05) is 0 Å². The molecule has 108 valence electrons. The van der Waals surface area contributed by atoms with E-state index >= 15 is 0 Å². The van der Waals surface area contributed by atoms with Crippen LogP contribution in [0.15, 0.2) is 70.3 Å². The summed E-state index contributed by atoms with van der Waals surface area (Å²) < 4.78 is 10.7. The van der Waals surface area contributed by atoms with Gasteiger partial charge in [0.2, 0.25) is 0 Å². The molecule has 2 aromatic carbocycles. The Morgan fingerprint density at radius 3 is 1.48 bits per heavy atom. The molecule has 0 bridgehead atoms. The van der Waals surface area contributed by atoms with E-state index in [1.54, 1.807) is 36.4 Å². The standard InChI is InChI=1S/2C7H6O2.2ClH.Sn/c2*8-6-4-2-1-3-5-7(6)9;;;/h2*1-5H,(H,8,9);2*1H;/q;;;;+4/p-4. The Labute approximate surface area is 133 Å². The molecule has 0 aliphatic heterocycles. The quantitative estimate of drug-likeness (QED) is 0.699. The zero-order valence-electron chi connectivity index (χ0n) is 10.7. The van der Waals surface area contributed by atoms with Gasteiger partial charge in [-0.05, 0) is 0 Å². The fourth-order valence-electron chi connectivity index (χ4n) is 1.47. The maximum absolute atomic E-state index is 11.7. The first-order chi connectivity index (χ1) is 9.98.